The first-order valence-electron chi connectivity index (χ1n) is 10.8. The highest BCUT2D eigenvalue weighted by Gasteiger charge is 2.14. The van der Waals surface area contributed by atoms with Gasteiger partial charge in [-0.2, -0.15) is 5.26 Å². The molecule has 0 unspecified atom stereocenters. The molecule has 34 heavy (non-hydrogen) atoms. The smallest absolute Gasteiger partial charge is 0.337 e. The number of nitrogens with zero attached hydrogens (tertiary/aromatic N) is 2. The zero-order valence-corrected chi connectivity index (χ0v) is 18.7. The van der Waals surface area contributed by atoms with Crippen LogP contribution < -0.4 is 15.5 Å². The molecule has 2 heterocycles. The highest BCUT2D eigenvalue weighted by atomic mass is 16.5. The number of piperazine rings is 1. The van der Waals surface area contributed by atoms with Gasteiger partial charge in [-0.3, -0.25) is 4.79 Å². The van der Waals surface area contributed by atoms with Crippen LogP contribution in [-0.4, -0.2) is 45.2 Å². The number of methoxy groups -OCH3 is 1. The fourth-order valence-corrected chi connectivity index (χ4v) is 3.64. The number of carbonyl (C=O) groups excluding carboxylic acids is 2. The second-order valence-corrected chi connectivity index (χ2v) is 7.68. The van der Waals surface area contributed by atoms with E-state index in [1.54, 1.807) is 36.4 Å². The minimum Gasteiger partial charge on any atom is -0.465 e. The second-order valence-electron chi connectivity index (χ2n) is 7.68. The summed E-state index contributed by atoms with van der Waals surface area (Å²) in [5, 5.41) is 15.6. The van der Waals surface area contributed by atoms with Crippen molar-refractivity contribution in [1.29, 1.82) is 5.26 Å². The zero-order chi connectivity index (χ0) is 23.9. The number of amides is 1. The van der Waals surface area contributed by atoms with Crippen LogP contribution in [0.25, 0.3) is 17.4 Å². The number of hydrogen-bond acceptors (Lipinski definition) is 7. The van der Waals surface area contributed by atoms with Crippen LogP contribution in [-0.2, 0) is 9.53 Å². The van der Waals surface area contributed by atoms with Gasteiger partial charge in [-0.1, -0.05) is 12.1 Å². The molecular weight excluding hydrogens is 432 g/mol. The maximum Gasteiger partial charge on any atom is 0.337 e. The van der Waals surface area contributed by atoms with Crippen LogP contribution in [0.15, 0.2) is 70.7 Å². The quantitative estimate of drug-likeness (QED) is 0.331. The largest absolute Gasteiger partial charge is 0.465 e. The Hall–Kier alpha value is -4.35. The van der Waals surface area contributed by atoms with E-state index in [2.05, 4.69) is 15.5 Å². The molecule has 4 rings (SSSR count). The van der Waals surface area contributed by atoms with Crippen molar-refractivity contribution in [3.8, 4) is 17.4 Å². The molecule has 2 aromatic carbocycles. The first kappa shape index (κ1) is 22.8. The van der Waals surface area contributed by atoms with Crippen molar-refractivity contribution in [2.75, 3.05) is 43.5 Å². The summed E-state index contributed by atoms with van der Waals surface area (Å²) in [6.07, 6.45) is 1.40. The molecule has 0 spiro atoms. The Morgan fingerprint density at radius 1 is 1.06 bits per heavy atom. The molecule has 0 bridgehead atoms. The minimum atomic E-state index is -0.516. The normalized spacial score (nSPS) is 13.8. The van der Waals surface area contributed by atoms with Crippen molar-refractivity contribution >= 4 is 29.3 Å². The molecule has 1 aliphatic heterocycles. The average Bonchev–Trinajstić information content (AvgIpc) is 3.36. The number of nitrogens with one attached hydrogen (secondary N) is 2. The molecule has 0 radical (unpaired) electrons. The van der Waals surface area contributed by atoms with Crippen molar-refractivity contribution in [2.45, 2.75) is 0 Å². The van der Waals surface area contributed by atoms with Crippen LogP contribution in [0.1, 0.15) is 16.1 Å². The second kappa shape index (κ2) is 10.5. The highest BCUT2D eigenvalue weighted by molar-refractivity contribution is 6.09. The lowest BCUT2D eigenvalue weighted by Gasteiger charge is -2.29. The third-order valence-corrected chi connectivity index (χ3v) is 5.48. The molecule has 0 saturated carbocycles. The zero-order valence-electron chi connectivity index (χ0n) is 18.7. The van der Waals surface area contributed by atoms with Gasteiger partial charge in [0, 0.05) is 49.2 Å². The van der Waals surface area contributed by atoms with Crippen molar-refractivity contribution in [3.63, 3.8) is 0 Å². The van der Waals surface area contributed by atoms with E-state index in [-0.39, 0.29) is 5.57 Å². The molecule has 0 aliphatic carbocycles. The molecule has 1 fully saturated rings. The Kier molecular flexibility index (Phi) is 7.06. The van der Waals surface area contributed by atoms with Crippen LogP contribution in [0.4, 0.5) is 11.4 Å². The maximum atomic E-state index is 12.6. The van der Waals surface area contributed by atoms with Crippen molar-refractivity contribution in [3.05, 3.63) is 77.6 Å². The van der Waals surface area contributed by atoms with Gasteiger partial charge in [0.05, 0.1) is 12.7 Å². The Bertz CT molecular complexity index is 1230. The van der Waals surface area contributed by atoms with E-state index in [9.17, 15) is 14.9 Å². The number of carbonyl (C=O) groups is 2. The van der Waals surface area contributed by atoms with E-state index in [1.807, 2.05) is 30.3 Å². The van der Waals surface area contributed by atoms with Gasteiger partial charge in [0.25, 0.3) is 5.91 Å². The van der Waals surface area contributed by atoms with Crippen LogP contribution in [0.2, 0.25) is 0 Å². The van der Waals surface area contributed by atoms with Crippen molar-refractivity contribution in [2.24, 2.45) is 0 Å². The molecule has 3 aromatic rings. The summed E-state index contributed by atoms with van der Waals surface area (Å²) in [7, 11) is 1.33. The summed E-state index contributed by atoms with van der Waals surface area (Å²) in [6.45, 7) is 3.77. The predicted octanol–water partition coefficient (Wildman–Crippen LogP) is 3.69. The molecule has 2 N–H and O–H groups in total. The summed E-state index contributed by atoms with van der Waals surface area (Å²) in [6, 6.07) is 19.7. The SMILES string of the molecule is COC(=O)c1ccc(-c2ccc(C=C(C#N)C(=O)Nc3ccc(N4CCNCC4)cc3)o2)cc1. The van der Waals surface area contributed by atoms with Gasteiger partial charge in [0.15, 0.2) is 0 Å². The third kappa shape index (κ3) is 5.34. The van der Waals surface area contributed by atoms with Gasteiger partial charge in [0.1, 0.15) is 23.2 Å². The van der Waals surface area contributed by atoms with Crippen LogP contribution >= 0.6 is 0 Å². The molecule has 1 amide bonds. The summed E-state index contributed by atoms with van der Waals surface area (Å²) >= 11 is 0. The monoisotopic (exact) mass is 456 g/mol. The Balaban J connectivity index is 1.43. The van der Waals surface area contributed by atoms with Crippen LogP contribution in [0.5, 0.6) is 0 Å². The van der Waals surface area contributed by atoms with Gasteiger partial charge in [-0.05, 0) is 48.5 Å². The van der Waals surface area contributed by atoms with Gasteiger partial charge < -0.3 is 24.7 Å². The summed E-state index contributed by atoms with van der Waals surface area (Å²) in [5.74, 6) is -0.0211. The van der Waals surface area contributed by atoms with Crippen molar-refractivity contribution in [1.82, 2.24) is 5.32 Å². The molecule has 1 aromatic heterocycles. The van der Waals surface area contributed by atoms with Crippen LogP contribution in [0.3, 0.4) is 0 Å². The van der Waals surface area contributed by atoms with Gasteiger partial charge >= 0.3 is 5.97 Å². The fourth-order valence-electron chi connectivity index (χ4n) is 3.64. The lowest BCUT2D eigenvalue weighted by atomic mass is 10.1. The van der Waals surface area contributed by atoms with E-state index in [4.69, 9.17) is 9.15 Å². The fraction of sp³-hybridized carbons (Fsp3) is 0.192. The minimum absolute atomic E-state index is 0.0758. The predicted molar refractivity (Wildman–Crippen MR) is 129 cm³/mol. The lowest BCUT2D eigenvalue weighted by Crippen LogP contribution is -2.43. The topological polar surface area (TPSA) is 108 Å². The number of anilines is 2. The molecule has 172 valence electrons. The molecule has 0 atom stereocenters. The molecule has 1 saturated heterocycles. The average molecular weight is 457 g/mol. The standard InChI is InChI=1S/C26H24N4O4/c1-33-26(32)19-4-2-18(3-5-19)24-11-10-23(34-24)16-20(17-27)25(31)29-21-6-8-22(9-7-21)30-14-12-28-13-15-30/h2-11,16,28H,12-15H2,1H3,(H,29,31). The Morgan fingerprint density at radius 2 is 1.76 bits per heavy atom. The molecule has 1 aliphatic rings. The third-order valence-electron chi connectivity index (χ3n) is 5.48. The van der Waals surface area contributed by atoms with E-state index in [0.717, 1.165) is 37.4 Å². The van der Waals surface area contributed by atoms with E-state index in [0.29, 0.717) is 22.8 Å². The number of rotatable bonds is 6. The van der Waals surface area contributed by atoms with Gasteiger partial charge in [-0.25, -0.2) is 4.79 Å². The molecule has 8 heteroatoms. The number of furan rings is 1. The number of nitriles is 1. The summed E-state index contributed by atoms with van der Waals surface area (Å²) in [5.41, 5.74) is 2.81. The molecular formula is C26H24N4O4. The van der Waals surface area contributed by atoms with E-state index >= 15 is 0 Å². The van der Waals surface area contributed by atoms with Gasteiger partial charge in [0.2, 0.25) is 0 Å². The number of hydrogen-bond donors (Lipinski definition) is 2. The number of esters is 1. The first-order valence-corrected chi connectivity index (χ1v) is 10.8. The first-order chi connectivity index (χ1) is 16.6. The Morgan fingerprint density at radius 3 is 2.41 bits per heavy atom. The summed E-state index contributed by atoms with van der Waals surface area (Å²) < 4.78 is 10.5. The molecule has 8 nitrogen and oxygen atoms in total. The van der Waals surface area contributed by atoms with E-state index < -0.39 is 11.9 Å². The lowest BCUT2D eigenvalue weighted by molar-refractivity contribution is -0.112. The Labute approximate surface area is 197 Å². The number of ether oxygens (including phenoxy) is 1. The maximum absolute atomic E-state index is 12.6. The highest BCUT2D eigenvalue weighted by Crippen LogP contribution is 2.24. The van der Waals surface area contributed by atoms with Crippen molar-refractivity contribution < 1.29 is 18.7 Å². The van der Waals surface area contributed by atoms with E-state index in [1.165, 1.54) is 13.2 Å². The van der Waals surface area contributed by atoms with Crippen LogP contribution in [0, 0.1) is 11.3 Å². The summed E-state index contributed by atoms with van der Waals surface area (Å²) in [4.78, 5) is 26.5. The van der Waals surface area contributed by atoms with Gasteiger partial charge in [-0.15, -0.1) is 0 Å². The number of benzene rings is 2.